The lowest BCUT2D eigenvalue weighted by Crippen LogP contribution is -2.50. The number of carbonyl (C=O) groups is 3. The van der Waals surface area contributed by atoms with Gasteiger partial charge in [0.05, 0.1) is 12.4 Å². The normalized spacial score (nSPS) is 16.4. The van der Waals surface area contributed by atoms with Crippen molar-refractivity contribution < 1.29 is 23.9 Å². The largest absolute Gasteiger partial charge is 0.464 e. The maximum atomic E-state index is 12.5. The fourth-order valence-corrected chi connectivity index (χ4v) is 4.12. The second-order valence-corrected chi connectivity index (χ2v) is 7.86. The molecule has 1 fully saturated rings. The summed E-state index contributed by atoms with van der Waals surface area (Å²) < 4.78 is 10.2. The summed E-state index contributed by atoms with van der Waals surface area (Å²) in [4.78, 5) is 39.1. The van der Waals surface area contributed by atoms with Crippen LogP contribution in [-0.4, -0.2) is 54.3 Å². The van der Waals surface area contributed by atoms with Crippen molar-refractivity contribution in [1.29, 1.82) is 0 Å². The number of hydrogen-bond donors (Lipinski definition) is 0. The van der Waals surface area contributed by atoms with E-state index in [0.717, 1.165) is 28.5 Å². The van der Waals surface area contributed by atoms with Crippen LogP contribution in [-0.2, 0) is 23.9 Å². The Bertz CT molecular complexity index is 884. The molecule has 7 heteroatoms. The fourth-order valence-electron chi connectivity index (χ4n) is 3.38. The Kier molecular flexibility index (Phi) is 7.52. The van der Waals surface area contributed by atoms with Gasteiger partial charge in [0.1, 0.15) is 6.04 Å². The van der Waals surface area contributed by atoms with E-state index in [9.17, 15) is 14.4 Å². The van der Waals surface area contributed by atoms with Crippen LogP contribution in [0.1, 0.15) is 26.2 Å². The Labute approximate surface area is 174 Å². The van der Waals surface area contributed by atoms with Gasteiger partial charge in [-0.25, -0.2) is 4.79 Å². The molecule has 0 aliphatic carbocycles. The van der Waals surface area contributed by atoms with E-state index in [0.29, 0.717) is 13.0 Å². The summed E-state index contributed by atoms with van der Waals surface area (Å²) in [7, 11) is 0. The second-order valence-electron chi connectivity index (χ2n) is 6.81. The Hall–Kier alpha value is -2.54. The van der Waals surface area contributed by atoms with Gasteiger partial charge in [0.25, 0.3) is 5.91 Å². The molecule has 1 atom stereocenters. The number of thioether (sulfide) groups is 1. The van der Waals surface area contributed by atoms with Crippen molar-refractivity contribution in [2.75, 3.05) is 25.5 Å². The van der Waals surface area contributed by atoms with E-state index in [-0.39, 0.29) is 24.9 Å². The Morgan fingerprint density at radius 2 is 1.86 bits per heavy atom. The molecule has 0 N–H and O–H groups in total. The minimum Gasteiger partial charge on any atom is -0.464 e. The highest BCUT2D eigenvalue weighted by Crippen LogP contribution is 2.24. The van der Waals surface area contributed by atoms with E-state index in [4.69, 9.17) is 9.47 Å². The minimum absolute atomic E-state index is 0.118. The number of amides is 1. The number of likely N-dealkylation sites (tertiary alicyclic amines) is 1. The highest BCUT2D eigenvalue weighted by Gasteiger charge is 2.33. The van der Waals surface area contributed by atoms with E-state index >= 15 is 0 Å². The van der Waals surface area contributed by atoms with Crippen LogP contribution in [0.15, 0.2) is 47.4 Å². The predicted octanol–water partition coefficient (Wildman–Crippen LogP) is 3.42. The van der Waals surface area contributed by atoms with Crippen LogP contribution in [0, 0.1) is 0 Å². The van der Waals surface area contributed by atoms with Crippen molar-refractivity contribution in [3.63, 3.8) is 0 Å². The number of ether oxygens (including phenoxy) is 2. The molecular weight excluding hydrogens is 390 g/mol. The molecule has 154 valence electrons. The third-order valence-electron chi connectivity index (χ3n) is 4.82. The Morgan fingerprint density at radius 1 is 1.07 bits per heavy atom. The summed E-state index contributed by atoms with van der Waals surface area (Å²) in [6, 6.07) is 13.4. The lowest BCUT2D eigenvalue weighted by molar-refractivity contribution is -0.160. The molecule has 0 saturated carbocycles. The predicted molar refractivity (Wildman–Crippen MR) is 112 cm³/mol. The van der Waals surface area contributed by atoms with Crippen LogP contribution in [0.4, 0.5) is 0 Å². The van der Waals surface area contributed by atoms with Gasteiger partial charge in [-0.2, -0.15) is 0 Å². The Balaban J connectivity index is 1.48. The number of hydrogen-bond acceptors (Lipinski definition) is 6. The molecular formula is C22H25NO5S. The number of carbonyl (C=O) groups excluding carboxylic acids is 3. The van der Waals surface area contributed by atoms with Crippen LogP contribution in [0.3, 0.4) is 0 Å². The highest BCUT2D eigenvalue weighted by molar-refractivity contribution is 8.00. The van der Waals surface area contributed by atoms with Crippen LogP contribution in [0.25, 0.3) is 10.8 Å². The molecule has 1 saturated heterocycles. The van der Waals surface area contributed by atoms with Gasteiger partial charge in [-0.1, -0.05) is 30.3 Å². The first-order valence-corrected chi connectivity index (χ1v) is 10.8. The van der Waals surface area contributed by atoms with Crippen molar-refractivity contribution in [1.82, 2.24) is 4.90 Å². The second kappa shape index (κ2) is 10.3. The molecule has 0 unspecified atom stereocenters. The molecule has 2 aromatic carbocycles. The summed E-state index contributed by atoms with van der Waals surface area (Å²) in [5.41, 5.74) is 0. The average Bonchev–Trinajstić information content (AvgIpc) is 2.76. The fraction of sp³-hybridized carbons (Fsp3) is 0.409. The highest BCUT2D eigenvalue weighted by atomic mass is 32.2. The van der Waals surface area contributed by atoms with Crippen molar-refractivity contribution in [3.8, 4) is 0 Å². The first-order chi connectivity index (χ1) is 14.1. The van der Waals surface area contributed by atoms with Gasteiger partial charge in [-0.15, -0.1) is 11.8 Å². The zero-order chi connectivity index (χ0) is 20.6. The average molecular weight is 416 g/mol. The summed E-state index contributed by atoms with van der Waals surface area (Å²) in [5, 5.41) is 2.25. The molecule has 0 spiro atoms. The summed E-state index contributed by atoms with van der Waals surface area (Å²) >= 11 is 1.37. The maximum absolute atomic E-state index is 12.5. The number of nitrogens with zero attached hydrogens (tertiary/aromatic N) is 1. The van der Waals surface area contributed by atoms with Gasteiger partial charge in [-0.05, 0) is 49.1 Å². The zero-order valence-electron chi connectivity index (χ0n) is 16.5. The van der Waals surface area contributed by atoms with E-state index in [1.54, 1.807) is 6.92 Å². The number of esters is 2. The SMILES string of the molecule is CCOC(=O)[C@H]1CCCCN1C(=O)COC(=O)CSc1ccc2ccccc2c1. The standard InChI is InChI=1S/C22H25NO5S/c1-2-27-22(26)19-9-5-6-12-23(19)20(24)14-28-21(25)15-29-18-11-10-16-7-3-4-8-17(16)13-18/h3-4,7-8,10-11,13,19H,2,5-6,9,12,14-15H2,1H3/t19-/m1/s1. The van der Waals surface area contributed by atoms with E-state index in [1.165, 1.54) is 16.7 Å². The third kappa shape index (κ3) is 5.73. The van der Waals surface area contributed by atoms with Gasteiger partial charge in [0.2, 0.25) is 0 Å². The zero-order valence-corrected chi connectivity index (χ0v) is 17.3. The molecule has 0 aromatic heterocycles. The summed E-state index contributed by atoms with van der Waals surface area (Å²) in [6.07, 6.45) is 2.28. The number of rotatable bonds is 7. The van der Waals surface area contributed by atoms with E-state index in [2.05, 4.69) is 0 Å². The minimum atomic E-state index is -0.582. The van der Waals surface area contributed by atoms with Crippen LogP contribution >= 0.6 is 11.8 Å². The number of benzene rings is 2. The van der Waals surface area contributed by atoms with Crippen molar-refractivity contribution in [2.24, 2.45) is 0 Å². The van der Waals surface area contributed by atoms with Crippen LogP contribution < -0.4 is 0 Å². The van der Waals surface area contributed by atoms with Crippen molar-refractivity contribution >= 4 is 40.4 Å². The molecule has 1 aliphatic rings. The summed E-state index contributed by atoms with van der Waals surface area (Å²) in [5.74, 6) is -1.08. The Morgan fingerprint density at radius 3 is 2.66 bits per heavy atom. The smallest absolute Gasteiger partial charge is 0.328 e. The first kappa shape index (κ1) is 21.2. The monoisotopic (exact) mass is 415 g/mol. The van der Waals surface area contributed by atoms with Crippen LogP contribution in [0.2, 0.25) is 0 Å². The maximum Gasteiger partial charge on any atom is 0.328 e. The lowest BCUT2D eigenvalue weighted by atomic mass is 10.0. The van der Waals surface area contributed by atoms with Gasteiger partial charge in [0, 0.05) is 11.4 Å². The first-order valence-electron chi connectivity index (χ1n) is 9.82. The van der Waals surface area contributed by atoms with Crippen molar-refractivity contribution in [2.45, 2.75) is 37.1 Å². The van der Waals surface area contributed by atoms with E-state index in [1.807, 2.05) is 42.5 Å². The molecule has 1 heterocycles. The van der Waals surface area contributed by atoms with Gasteiger partial charge < -0.3 is 14.4 Å². The van der Waals surface area contributed by atoms with Gasteiger partial charge in [0.15, 0.2) is 6.61 Å². The molecule has 0 bridgehead atoms. The molecule has 1 amide bonds. The van der Waals surface area contributed by atoms with Crippen molar-refractivity contribution in [3.05, 3.63) is 42.5 Å². The molecule has 3 rings (SSSR count). The molecule has 0 radical (unpaired) electrons. The van der Waals surface area contributed by atoms with E-state index < -0.39 is 18.0 Å². The molecule has 1 aliphatic heterocycles. The lowest BCUT2D eigenvalue weighted by Gasteiger charge is -2.33. The molecule has 29 heavy (non-hydrogen) atoms. The van der Waals surface area contributed by atoms with Gasteiger partial charge in [-0.3, -0.25) is 9.59 Å². The quantitative estimate of drug-likeness (QED) is 0.510. The molecule has 6 nitrogen and oxygen atoms in total. The topological polar surface area (TPSA) is 72.9 Å². The summed E-state index contributed by atoms with van der Waals surface area (Å²) in [6.45, 7) is 2.14. The van der Waals surface area contributed by atoms with Gasteiger partial charge >= 0.3 is 11.9 Å². The third-order valence-corrected chi connectivity index (χ3v) is 5.78. The van der Waals surface area contributed by atoms with Crippen LogP contribution in [0.5, 0.6) is 0 Å². The number of fused-ring (bicyclic) bond motifs is 1. The number of piperidine rings is 1. The molecule has 2 aromatic rings.